The summed E-state index contributed by atoms with van der Waals surface area (Å²) in [5, 5.41) is 19.9. The van der Waals surface area contributed by atoms with Gasteiger partial charge < -0.3 is 10.2 Å². The molecular weight excluding hydrogens is 276 g/mol. The SMILES string of the molecule is C[C@]12CCCC[C@@H]1CC[C@@H]1[C@@H]2CC[C@](C)(O)[C@H]1CCC(=O)O. The highest BCUT2D eigenvalue weighted by atomic mass is 16.4. The minimum absolute atomic E-state index is 0.169. The quantitative estimate of drug-likeness (QED) is 0.820. The Kier molecular flexibility index (Phi) is 4.30. The fourth-order valence-corrected chi connectivity index (χ4v) is 6.40. The molecule has 0 aromatic carbocycles. The molecule has 22 heavy (non-hydrogen) atoms. The Hall–Kier alpha value is -0.570. The predicted octanol–water partition coefficient (Wildman–Crippen LogP) is 4.23. The zero-order chi connectivity index (χ0) is 16.0. The largest absolute Gasteiger partial charge is 0.481 e. The van der Waals surface area contributed by atoms with Crippen LogP contribution in [0.15, 0.2) is 0 Å². The molecule has 0 spiro atoms. The summed E-state index contributed by atoms with van der Waals surface area (Å²) in [6.07, 6.45) is 10.8. The van der Waals surface area contributed by atoms with Crippen molar-refractivity contribution < 1.29 is 15.0 Å². The van der Waals surface area contributed by atoms with Crippen molar-refractivity contribution in [2.45, 2.75) is 83.7 Å². The lowest BCUT2D eigenvalue weighted by atomic mass is 9.46. The van der Waals surface area contributed by atoms with Crippen molar-refractivity contribution in [3.63, 3.8) is 0 Å². The second-order valence-corrected chi connectivity index (χ2v) is 8.73. The second-order valence-electron chi connectivity index (χ2n) is 8.73. The predicted molar refractivity (Wildman–Crippen MR) is 86.5 cm³/mol. The lowest BCUT2D eigenvalue weighted by Gasteiger charge is -2.60. The number of carboxylic acids is 1. The van der Waals surface area contributed by atoms with E-state index in [1.807, 2.05) is 6.92 Å². The second kappa shape index (κ2) is 5.81. The Morgan fingerprint density at radius 2 is 1.86 bits per heavy atom. The number of carbonyl (C=O) groups is 1. The molecule has 0 aromatic heterocycles. The van der Waals surface area contributed by atoms with E-state index in [0.717, 1.165) is 18.8 Å². The zero-order valence-electron chi connectivity index (χ0n) is 14.2. The first kappa shape index (κ1) is 16.3. The molecule has 3 fully saturated rings. The third kappa shape index (κ3) is 2.70. The summed E-state index contributed by atoms with van der Waals surface area (Å²) in [5.74, 6) is 1.54. The lowest BCUT2D eigenvalue weighted by Crippen LogP contribution is -2.55. The zero-order valence-corrected chi connectivity index (χ0v) is 14.2. The smallest absolute Gasteiger partial charge is 0.303 e. The molecule has 0 aromatic rings. The van der Waals surface area contributed by atoms with Crippen LogP contribution >= 0.6 is 0 Å². The molecule has 3 rings (SSSR count). The Labute approximate surface area is 134 Å². The van der Waals surface area contributed by atoms with Gasteiger partial charge in [-0.15, -0.1) is 0 Å². The van der Waals surface area contributed by atoms with Crippen LogP contribution in [0.25, 0.3) is 0 Å². The molecule has 3 aliphatic carbocycles. The molecular formula is C19H32O3. The van der Waals surface area contributed by atoms with Crippen LogP contribution in [-0.2, 0) is 4.79 Å². The van der Waals surface area contributed by atoms with Gasteiger partial charge in [-0.3, -0.25) is 4.79 Å². The van der Waals surface area contributed by atoms with Crippen molar-refractivity contribution >= 4 is 5.97 Å². The van der Waals surface area contributed by atoms with Crippen LogP contribution in [-0.4, -0.2) is 21.8 Å². The molecule has 3 nitrogen and oxygen atoms in total. The molecule has 0 heterocycles. The first-order valence-electron chi connectivity index (χ1n) is 9.29. The van der Waals surface area contributed by atoms with Gasteiger partial charge in [0.1, 0.15) is 0 Å². The summed E-state index contributed by atoms with van der Waals surface area (Å²) >= 11 is 0. The van der Waals surface area contributed by atoms with E-state index in [9.17, 15) is 9.90 Å². The normalized spacial score (nSPS) is 48.3. The highest BCUT2D eigenvalue weighted by molar-refractivity contribution is 5.66. The lowest BCUT2D eigenvalue weighted by molar-refractivity contribution is -0.152. The van der Waals surface area contributed by atoms with Gasteiger partial charge in [0.25, 0.3) is 0 Å². The van der Waals surface area contributed by atoms with E-state index in [2.05, 4.69) is 6.92 Å². The third-order valence-corrected chi connectivity index (χ3v) is 7.61. The van der Waals surface area contributed by atoms with Gasteiger partial charge in [0, 0.05) is 6.42 Å². The van der Waals surface area contributed by atoms with Crippen molar-refractivity contribution in [3.05, 3.63) is 0 Å². The first-order valence-corrected chi connectivity index (χ1v) is 9.29. The fourth-order valence-electron chi connectivity index (χ4n) is 6.40. The summed E-state index contributed by atoms with van der Waals surface area (Å²) < 4.78 is 0. The van der Waals surface area contributed by atoms with E-state index in [-0.39, 0.29) is 12.3 Å². The van der Waals surface area contributed by atoms with Crippen LogP contribution in [0.1, 0.15) is 78.1 Å². The minimum Gasteiger partial charge on any atom is -0.481 e. The number of hydrogen-bond acceptors (Lipinski definition) is 2. The average Bonchev–Trinajstić information content (AvgIpc) is 2.44. The number of fused-ring (bicyclic) bond motifs is 3. The molecule has 6 atom stereocenters. The Balaban J connectivity index is 1.83. The summed E-state index contributed by atoms with van der Waals surface area (Å²) in [6.45, 7) is 4.45. The number of aliphatic carboxylic acids is 1. The summed E-state index contributed by atoms with van der Waals surface area (Å²) in [7, 11) is 0. The van der Waals surface area contributed by atoms with Crippen molar-refractivity contribution in [3.8, 4) is 0 Å². The molecule has 0 amide bonds. The topological polar surface area (TPSA) is 57.5 Å². The Morgan fingerprint density at radius 3 is 2.59 bits per heavy atom. The van der Waals surface area contributed by atoms with Crippen molar-refractivity contribution in [1.82, 2.24) is 0 Å². The maximum absolute atomic E-state index is 11.0. The van der Waals surface area contributed by atoms with Crippen molar-refractivity contribution in [1.29, 1.82) is 0 Å². The van der Waals surface area contributed by atoms with Crippen LogP contribution in [0.4, 0.5) is 0 Å². The van der Waals surface area contributed by atoms with E-state index in [1.165, 1.54) is 38.5 Å². The van der Waals surface area contributed by atoms with E-state index < -0.39 is 11.6 Å². The molecule has 2 N–H and O–H groups in total. The first-order chi connectivity index (χ1) is 10.3. The molecule has 0 bridgehead atoms. The van der Waals surface area contributed by atoms with E-state index >= 15 is 0 Å². The van der Waals surface area contributed by atoms with Gasteiger partial charge in [0.2, 0.25) is 0 Å². The monoisotopic (exact) mass is 308 g/mol. The van der Waals surface area contributed by atoms with Gasteiger partial charge in [0.05, 0.1) is 5.60 Å². The number of hydrogen-bond donors (Lipinski definition) is 2. The van der Waals surface area contributed by atoms with E-state index in [4.69, 9.17) is 5.11 Å². The maximum Gasteiger partial charge on any atom is 0.303 e. The molecule has 0 aliphatic heterocycles. The van der Waals surface area contributed by atoms with Gasteiger partial charge in [0.15, 0.2) is 0 Å². The molecule has 0 unspecified atom stereocenters. The summed E-state index contributed by atoms with van der Waals surface area (Å²) in [5.41, 5.74) is -0.229. The third-order valence-electron chi connectivity index (χ3n) is 7.61. The van der Waals surface area contributed by atoms with Crippen LogP contribution in [0.5, 0.6) is 0 Å². The van der Waals surface area contributed by atoms with Gasteiger partial charge in [-0.2, -0.15) is 0 Å². The Morgan fingerprint density at radius 1 is 1.09 bits per heavy atom. The Bertz CT molecular complexity index is 430. The van der Waals surface area contributed by atoms with Gasteiger partial charge in [-0.1, -0.05) is 19.8 Å². The average molecular weight is 308 g/mol. The highest BCUT2D eigenvalue weighted by Crippen LogP contribution is 2.61. The molecule has 3 aliphatic rings. The maximum atomic E-state index is 11.0. The van der Waals surface area contributed by atoms with E-state index in [1.54, 1.807) is 0 Å². The minimum atomic E-state index is -0.726. The number of rotatable bonds is 3. The molecule has 0 radical (unpaired) electrons. The van der Waals surface area contributed by atoms with Gasteiger partial charge in [-0.05, 0) is 81.0 Å². The molecule has 0 saturated heterocycles. The van der Waals surface area contributed by atoms with Crippen molar-refractivity contribution in [2.24, 2.45) is 29.1 Å². The number of aliphatic hydroxyl groups is 1. The van der Waals surface area contributed by atoms with Gasteiger partial charge >= 0.3 is 5.97 Å². The summed E-state index contributed by atoms with van der Waals surface area (Å²) in [4.78, 5) is 11.0. The molecule has 3 saturated carbocycles. The van der Waals surface area contributed by atoms with E-state index in [0.29, 0.717) is 23.7 Å². The van der Waals surface area contributed by atoms with Crippen molar-refractivity contribution in [2.75, 3.05) is 0 Å². The summed E-state index contributed by atoms with van der Waals surface area (Å²) in [6, 6.07) is 0. The van der Waals surface area contributed by atoms with Crippen LogP contribution < -0.4 is 0 Å². The molecule has 126 valence electrons. The molecule has 3 heteroatoms. The van der Waals surface area contributed by atoms with Gasteiger partial charge in [-0.25, -0.2) is 0 Å². The van der Waals surface area contributed by atoms with Crippen LogP contribution in [0.2, 0.25) is 0 Å². The highest BCUT2D eigenvalue weighted by Gasteiger charge is 2.55. The van der Waals surface area contributed by atoms with Crippen LogP contribution in [0.3, 0.4) is 0 Å². The van der Waals surface area contributed by atoms with Crippen LogP contribution in [0, 0.1) is 29.1 Å². The fraction of sp³-hybridized carbons (Fsp3) is 0.947. The standard InChI is InChI=1S/C19H32O3/c1-18-11-4-3-5-13(18)6-7-14-15(18)10-12-19(2,22)16(14)8-9-17(20)21/h13-16,22H,3-12H2,1-2H3,(H,20,21)/t13-,14-,15+,16+,18+,19+/m1/s1. The number of carboxylic acid groups (broad SMARTS) is 1.